The van der Waals surface area contributed by atoms with Crippen LogP contribution in [-0.4, -0.2) is 10.9 Å². The number of halogens is 3. The fourth-order valence-electron chi connectivity index (χ4n) is 3.78. The summed E-state index contributed by atoms with van der Waals surface area (Å²) in [7, 11) is 0. The van der Waals surface area contributed by atoms with E-state index in [-0.39, 0.29) is 11.2 Å². The van der Waals surface area contributed by atoms with E-state index in [1.807, 2.05) is 0 Å². The maximum absolute atomic E-state index is 14.3. The van der Waals surface area contributed by atoms with E-state index in [0.717, 1.165) is 30.9 Å². The maximum Gasteiger partial charge on any atom is 0.188 e. The number of Topliss-reactive ketones (excluding diaryl/α,β-unsaturated/α-hetero) is 1. The SMILES string of the molecule is CCCCC12CCC(=O)C(Br)=C1c1cc(F)c(O)c(F)c1C2. The highest BCUT2D eigenvalue weighted by atomic mass is 79.9. The van der Waals surface area contributed by atoms with Crippen LogP contribution in [-0.2, 0) is 11.2 Å². The van der Waals surface area contributed by atoms with Gasteiger partial charge in [-0.15, -0.1) is 0 Å². The molecule has 1 atom stereocenters. The van der Waals surface area contributed by atoms with E-state index >= 15 is 0 Å². The Morgan fingerprint density at radius 1 is 1.41 bits per heavy atom. The number of benzene rings is 1. The molecule has 0 fully saturated rings. The van der Waals surface area contributed by atoms with Crippen molar-refractivity contribution in [2.45, 2.75) is 45.4 Å². The molecule has 3 rings (SSSR count). The number of phenols is 1. The first-order chi connectivity index (χ1) is 10.4. The molecule has 1 aromatic rings. The van der Waals surface area contributed by atoms with Crippen molar-refractivity contribution in [2.75, 3.05) is 0 Å². The zero-order valence-corrected chi connectivity index (χ0v) is 13.9. The fraction of sp³-hybridized carbons (Fsp3) is 0.471. The highest BCUT2D eigenvalue weighted by Crippen LogP contribution is 2.58. The number of allylic oxidation sites excluding steroid dienone is 2. The van der Waals surface area contributed by atoms with Crippen LogP contribution >= 0.6 is 15.9 Å². The number of rotatable bonds is 3. The molecule has 0 bridgehead atoms. The highest BCUT2D eigenvalue weighted by Gasteiger charge is 2.48. The molecule has 0 spiro atoms. The van der Waals surface area contributed by atoms with Gasteiger partial charge < -0.3 is 5.11 Å². The minimum Gasteiger partial charge on any atom is -0.503 e. The third kappa shape index (κ3) is 2.13. The summed E-state index contributed by atoms with van der Waals surface area (Å²) >= 11 is 3.35. The van der Waals surface area contributed by atoms with Crippen LogP contribution in [0.25, 0.3) is 5.57 Å². The average molecular weight is 371 g/mol. The molecule has 0 radical (unpaired) electrons. The first kappa shape index (κ1) is 15.7. The predicted molar refractivity (Wildman–Crippen MR) is 83.8 cm³/mol. The quantitative estimate of drug-likeness (QED) is 0.823. The van der Waals surface area contributed by atoms with Gasteiger partial charge in [-0.3, -0.25) is 4.79 Å². The summed E-state index contributed by atoms with van der Waals surface area (Å²) in [6.45, 7) is 2.08. The Morgan fingerprint density at radius 2 is 2.14 bits per heavy atom. The van der Waals surface area contributed by atoms with Crippen LogP contribution in [0.2, 0.25) is 0 Å². The zero-order valence-electron chi connectivity index (χ0n) is 12.3. The number of aromatic hydroxyl groups is 1. The second-order valence-electron chi connectivity index (χ2n) is 6.22. The predicted octanol–water partition coefficient (Wildman–Crippen LogP) is 4.87. The van der Waals surface area contributed by atoms with Crippen molar-refractivity contribution in [3.8, 4) is 5.75 Å². The van der Waals surface area contributed by atoms with Crippen LogP contribution in [0.15, 0.2) is 10.5 Å². The van der Waals surface area contributed by atoms with Crippen LogP contribution in [0.3, 0.4) is 0 Å². The molecule has 0 aromatic heterocycles. The highest BCUT2D eigenvalue weighted by molar-refractivity contribution is 9.12. The van der Waals surface area contributed by atoms with Crippen molar-refractivity contribution >= 4 is 27.3 Å². The summed E-state index contributed by atoms with van der Waals surface area (Å²) in [5, 5.41) is 9.54. The van der Waals surface area contributed by atoms with Gasteiger partial charge in [-0.2, -0.15) is 0 Å². The number of unbranched alkanes of at least 4 members (excludes halogenated alkanes) is 1. The Balaban J connectivity index is 2.23. The van der Waals surface area contributed by atoms with Crippen LogP contribution in [0, 0.1) is 17.0 Å². The standard InChI is InChI=1S/C17H17BrF2O2/c1-2-3-5-17-6-4-12(21)14(18)13(17)9-7-11(19)16(22)15(20)10(9)8-17/h7,22H,2-6,8H2,1H3. The second kappa shape index (κ2) is 5.44. The molecule has 2 nitrogen and oxygen atoms in total. The van der Waals surface area contributed by atoms with E-state index in [9.17, 15) is 18.7 Å². The third-order valence-electron chi connectivity index (χ3n) is 4.91. The second-order valence-corrected chi connectivity index (χ2v) is 7.01. The van der Waals surface area contributed by atoms with E-state index in [1.54, 1.807) is 0 Å². The Kier molecular flexibility index (Phi) is 3.87. The van der Waals surface area contributed by atoms with E-state index < -0.39 is 17.4 Å². The zero-order chi connectivity index (χ0) is 16.1. The van der Waals surface area contributed by atoms with Crippen LogP contribution < -0.4 is 0 Å². The number of carbonyl (C=O) groups is 1. The molecule has 1 unspecified atom stereocenters. The molecule has 22 heavy (non-hydrogen) atoms. The molecule has 0 amide bonds. The van der Waals surface area contributed by atoms with Crippen molar-refractivity contribution in [3.63, 3.8) is 0 Å². The number of fused-ring (bicyclic) bond motifs is 3. The third-order valence-corrected chi connectivity index (χ3v) is 5.75. The van der Waals surface area contributed by atoms with Crippen molar-refractivity contribution in [3.05, 3.63) is 33.3 Å². The van der Waals surface area contributed by atoms with Gasteiger partial charge in [-0.1, -0.05) is 19.8 Å². The topological polar surface area (TPSA) is 37.3 Å². The Morgan fingerprint density at radius 3 is 2.82 bits per heavy atom. The van der Waals surface area contributed by atoms with E-state index in [0.29, 0.717) is 34.9 Å². The van der Waals surface area contributed by atoms with Crippen molar-refractivity contribution in [2.24, 2.45) is 5.41 Å². The summed E-state index contributed by atoms with van der Waals surface area (Å²) in [5.74, 6) is -2.82. The molecular weight excluding hydrogens is 354 g/mol. The van der Waals surface area contributed by atoms with Gasteiger partial charge in [0.1, 0.15) is 0 Å². The molecule has 0 saturated carbocycles. The molecular formula is C17H17BrF2O2. The van der Waals surface area contributed by atoms with Gasteiger partial charge in [-0.05, 0) is 52.4 Å². The molecule has 0 heterocycles. The summed E-state index contributed by atoms with van der Waals surface area (Å²) in [4.78, 5) is 12.1. The molecule has 1 N–H and O–H groups in total. The summed E-state index contributed by atoms with van der Waals surface area (Å²) in [6.07, 6.45) is 4.27. The number of ketones is 1. The van der Waals surface area contributed by atoms with Crippen molar-refractivity contribution in [1.82, 2.24) is 0 Å². The fourth-order valence-corrected chi connectivity index (χ4v) is 4.61. The lowest BCUT2D eigenvalue weighted by Crippen LogP contribution is -2.27. The largest absolute Gasteiger partial charge is 0.503 e. The lowest BCUT2D eigenvalue weighted by molar-refractivity contribution is -0.115. The van der Waals surface area contributed by atoms with Gasteiger partial charge >= 0.3 is 0 Å². The van der Waals surface area contributed by atoms with Crippen molar-refractivity contribution < 1.29 is 18.7 Å². The summed E-state index contributed by atoms with van der Waals surface area (Å²) in [6, 6.07) is 1.16. The van der Waals surface area contributed by atoms with Gasteiger partial charge in [0, 0.05) is 17.4 Å². The maximum atomic E-state index is 14.3. The van der Waals surface area contributed by atoms with Crippen LogP contribution in [0.4, 0.5) is 8.78 Å². The molecule has 5 heteroatoms. The summed E-state index contributed by atoms with van der Waals surface area (Å²) in [5.41, 5.74) is 1.16. The average Bonchev–Trinajstić information content (AvgIpc) is 2.82. The van der Waals surface area contributed by atoms with E-state index in [4.69, 9.17) is 0 Å². The number of hydrogen-bond donors (Lipinski definition) is 1. The van der Waals surface area contributed by atoms with Gasteiger partial charge in [0.25, 0.3) is 0 Å². The van der Waals surface area contributed by atoms with Crippen molar-refractivity contribution in [1.29, 1.82) is 0 Å². The van der Waals surface area contributed by atoms with Gasteiger partial charge in [-0.25, -0.2) is 8.78 Å². The Hall–Kier alpha value is -1.23. The van der Waals surface area contributed by atoms with E-state index in [1.165, 1.54) is 0 Å². The number of phenolic OH excluding ortho intramolecular Hbond substituents is 1. The molecule has 0 aliphatic heterocycles. The van der Waals surface area contributed by atoms with E-state index in [2.05, 4.69) is 22.9 Å². The number of hydrogen-bond acceptors (Lipinski definition) is 2. The molecule has 118 valence electrons. The minimum atomic E-state index is -0.978. The Bertz CT molecular complexity index is 696. The van der Waals surface area contributed by atoms with Gasteiger partial charge in [0.05, 0.1) is 4.48 Å². The summed E-state index contributed by atoms with van der Waals surface area (Å²) < 4.78 is 28.5. The molecule has 2 aliphatic carbocycles. The monoisotopic (exact) mass is 370 g/mol. The number of carbonyl (C=O) groups excluding carboxylic acids is 1. The van der Waals surface area contributed by atoms with Gasteiger partial charge in [0.2, 0.25) is 0 Å². The minimum absolute atomic E-state index is 0.0242. The first-order valence-electron chi connectivity index (χ1n) is 7.55. The van der Waals surface area contributed by atoms with Gasteiger partial charge in [0.15, 0.2) is 23.2 Å². The van der Waals surface area contributed by atoms with Crippen LogP contribution in [0.1, 0.15) is 50.2 Å². The smallest absolute Gasteiger partial charge is 0.188 e. The molecule has 2 aliphatic rings. The van der Waals surface area contributed by atoms with Crippen LogP contribution in [0.5, 0.6) is 5.75 Å². The lowest BCUT2D eigenvalue weighted by atomic mass is 9.69. The Labute approximate surface area is 136 Å². The first-order valence-corrected chi connectivity index (χ1v) is 8.34. The normalized spacial score (nSPS) is 23.7. The molecule has 0 saturated heterocycles. The lowest BCUT2D eigenvalue weighted by Gasteiger charge is -2.35. The molecule has 1 aromatic carbocycles.